The van der Waals surface area contributed by atoms with Crippen molar-refractivity contribution in [3.63, 3.8) is 0 Å². The van der Waals surface area contributed by atoms with Gasteiger partial charge in [-0.2, -0.15) is 0 Å². The fraction of sp³-hybridized carbons (Fsp3) is 0.500. The van der Waals surface area contributed by atoms with Gasteiger partial charge >= 0.3 is 0 Å². The Morgan fingerprint density at radius 3 is 2.61 bits per heavy atom. The smallest absolute Gasteiger partial charge is 0.128 e. The third-order valence-corrected chi connectivity index (χ3v) is 2.91. The normalized spacial score (nSPS) is 11.3. The fourth-order valence-electron chi connectivity index (χ4n) is 1.66. The monoisotopic (exact) mass is 250 g/mol. The maximum absolute atomic E-state index is 9.74. The van der Waals surface area contributed by atoms with Crippen molar-refractivity contribution >= 4 is 6.21 Å². The number of nitrogens with zero attached hydrogens (tertiary/aromatic N) is 2. The number of aliphatic imine (C=N–C) groups is 1. The summed E-state index contributed by atoms with van der Waals surface area (Å²) in [6, 6.07) is 5.20. The van der Waals surface area contributed by atoms with Crippen LogP contribution in [0.1, 0.15) is 19.4 Å². The van der Waals surface area contributed by atoms with E-state index in [1.54, 1.807) is 25.5 Å². The summed E-state index contributed by atoms with van der Waals surface area (Å²) in [4.78, 5) is 6.64. The Bertz CT molecular complexity index is 387. The van der Waals surface area contributed by atoms with Gasteiger partial charge in [0.05, 0.1) is 13.7 Å². The van der Waals surface area contributed by atoms with Crippen molar-refractivity contribution in [2.45, 2.75) is 13.8 Å². The Balaban J connectivity index is 2.51. The van der Waals surface area contributed by atoms with Crippen LogP contribution in [-0.2, 0) is 0 Å². The maximum Gasteiger partial charge on any atom is 0.128 e. The average Bonchev–Trinajstić information content (AvgIpc) is 2.40. The van der Waals surface area contributed by atoms with Crippen LogP contribution in [0.25, 0.3) is 0 Å². The van der Waals surface area contributed by atoms with Gasteiger partial charge in [0.25, 0.3) is 0 Å². The van der Waals surface area contributed by atoms with Gasteiger partial charge in [-0.25, -0.2) is 0 Å². The quantitative estimate of drug-likeness (QED) is 0.754. The van der Waals surface area contributed by atoms with E-state index in [0.717, 1.165) is 31.7 Å². The SMILES string of the molecule is CCN(CC)CCN=Cc1ccc(OC)cc1O. The number of phenolic OH excluding ortho intramolecular Hbond substituents is 1. The second kappa shape index (κ2) is 7.71. The number of ether oxygens (including phenoxy) is 1. The average molecular weight is 250 g/mol. The lowest BCUT2D eigenvalue weighted by Gasteiger charge is -2.15. The fourth-order valence-corrected chi connectivity index (χ4v) is 1.66. The second-order valence-corrected chi connectivity index (χ2v) is 3.99. The number of methoxy groups -OCH3 is 1. The molecule has 0 fully saturated rings. The first-order valence-corrected chi connectivity index (χ1v) is 6.30. The minimum absolute atomic E-state index is 0.195. The molecule has 0 heterocycles. The Morgan fingerprint density at radius 2 is 2.06 bits per heavy atom. The molecule has 0 unspecified atom stereocenters. The summed E-state index contributed by atoms with van der Waals surface area (Å²) in [5.74, 6) is 0.841. The van der Waals surface area contributed by atoms with Crippen LogP contribution in [0.3, 0.4) is 0 Å². The summed E-state index contributed by atoms with van der Waals surface area (Å²) in [6.07, 6.45) is 1.71. The lowest BCUT2D eigenvalue weighted by molar-refractivity contribution is 0.313. The molecule has 1 N–H and O–H groups in total. The van der Waals surface area contributed by atoms with E-state index in [0.29, 0.717) is 5.75 Å². The Labute approximate surface area is 109 Å². The summed E-state index contributed by atoms with van der Waals surface area (Å²) in [6.45, 7) is 8.05. The van der Waals surface area contributed by atoms with Crippen molar-refractivity contribution in [2.24, 2.45) is 4.99 Å². The van der Waals surface area contributed by atoms with Crippen molar-refractivity contribution in [1.29, 1.82) is 0 Å². The summed E-state index contributed by atoms with van der Waals surface area (Å²) < 4.78 is 5.03. The standard InChI is InChI=1S/C14H22N2O2/c1-4-16(5-2)9-8-15-11-12-6-7-13(18-3)10-14(12)17/h6-7,10-11,17H,4-5,8-9H2,1-3H3. The molecule has 1 aromatic rings. The molecule has 0 atom stereocenters. The molecule has 100 valence electrons. The Hall–Kier alpha value is -1.55. The lowest BCUT2D eigenvalue weighted by Crippen LogP contribution is -2.25. The highest BCUT2D eigenvalue weighted by Gasteiger charge is 2.00. The van der Waals surface area contributed by atoms with E-state index in [1.807, 2.05) is 6.07 Å². The van der Waals surface area contributed by atoms with Gasteiger partial charge in [-0.1, -0.05) is 13.8 Å². The number of aromatic hydroxyl groups is 1. The minimum atomic E-state index is 0.195. The largest absolute Gasteiger partial charge is 0.507 e. The summed E-state index contributed by atoms with van der Waals surface area (Å²) in [7, 11) is 1.58. The zero-order valence-electron chi connectivity index (χ0n) is 11.4. The van der Waals surface area contributed by atoms with E-state index < -0.39 is 0 Å². The van der Waals surface area contributed by atoms with Crippen LogP contribution in [0.5, 0.6) is 11.5 Å². The molecule has 0 aliphatic carbocycles. The van der Waals surface area contributed by atoms with Gasteiger partial charge in [0.15, 0.2) is 0 Å². The molecule has 0 aliphatic rings. The first-order valence-electron chi connectivity index (χ1n) is 6.30. The van der Waals surface area contributed by atoms with E-state index in [-0.39, 0.29) is 5.75 Å². The highest BCUT2D eigenvalue weighted by molar-refractivity contribution is 5.83. The van der Waals surface area contributed by atoms with Crippen LogP contribution in [0.2, 0.25) is 0 Å². The van der Waals surface area contributed by atoms with Gasteiger partial charge in [0.1, 0.15) is 11.5 Å². The third-order valence-electron chi connectivity index (χ3n) is 2.91. The molecule has 18 heavy (non-hydrogen) atoms. The number of rotatable bonds is 7. The number of phenols is 1. The molecule has 0 amide bonds. The molecule has 1 rings (SSSR count). The van der Waals surface area contributed by atoms with E-state index >= 15 is 0 Å². The molecule has 0 saturated heterocycles. The van der Waals surface area contributed by atoms with E-state index in [1.165, 1.54) is 0 Å². The van der Waals surface area contributed by atoms with Crippen LogP contribution < -0.4 is 4.74 Å². The molecule has 0 spiro atoms. The van der Waals surface area contributed by atoms with Crippen molar-refractivity contribution in [2.75, 3.05) is 33.3 Å². The first kappa shape index (κ1) is 14.5. The molecule has 0 aliphatic heterocycles. The van der Waals surface area contributed by atoms with E-state index in [9.17, 15) is 5.11 Å². The molecule has 4 heteroatoms. The van der Waals surface area contributed by atoms with Crippen molar-refractivity contribution < 1.29 is 9.84 Å². The zero-order chi connectivity index (χ0) is 13.4. The van der Waals surface area contributed by atoms with Crippen molar-refractivity contribution in [3.8, 4) is 11.5 Å². The number of likely N-dealkylation sites (N-methyl/N-ethyl adjacent to an activating group) is 1. The van der Waals surface area contributed by atoms with Gasteiger partial charge in [0, 0.05) is 24.4 Å². The van der Waals surface area contributed by atoms with Gasteiger partial charge in [-0.3, -0.25) is 4.99 Å². The molecule has 4 nitrogen and oxygen atoms in total. The van der Waals surface area contributed by atoms with Gasteiger partial charge in [-0.05, 0) is 25.2 Å². The highest BCUT2D eigenvalue weighted by Crippen LogP contribution is 2.21. The van der Waals surface area contributed by atoms with E-state index in [2.05, 4.69) is 23.7 Å². The number of benzene rings is 1. The van der Waals surface area contributed by atoms with Crippen LogP contribution in [0, 0.1) is 0 Å². The summed E-state index contributed by atoms with van der Waals surface area (Å²) >= 11 is 0. The third kappa shape index (κ3) is 4.37. The van der Waals surface area contributed by atoms with E-state index in [4.69, 9.17) is 4.74 Å². The predicted octanol–water partition coefficient (Wildman–Crippen LogP) is 2.16. The maximum atomic E-state index is 9.74. The minimum Gasteiger partial charge on any atom is -0.507 e. The topological polar surface area (TPSA) is 45.1 Å². The first-order chi connectivity index (χ1) is 8.71. The van der Waals surface area contributed by atoms with Gasteiger partial charge in [0.2, 0.25) is 0 Å². The Kier molecular flexibility index (Phi) is 6.22. The van der Waals surface area contributed by atoms with Crippen molar-refractivity contribution in [3.05, 3.63) is 23.8 Å². The summed E-state index contributed by atoms with van der Waals surface area (Å²) in [5.41, 5.74) is 0.718. The molecule has 0 radical (unpaired) electrons. The molecular weight excluding hydrogens is 228 g/mol. The lowest BCUT2D eigenvalue weighted by atomic mass is 10.2. The number of hydrogen-bond donors (Lipinski definition) is 1. The van der Waals surface area contributed by atoms with Crippen LogP contribution in [0.15, 0.2) is 23.2 Å². The number of hydrogen-bond acceptors (Lipinski definition) is 4. The molecule has 0 saturated carbocycles. The second-order valence-electron chi connectivity index (χ2n) is 3.99. The Morgan fingerprint density at radius 1 is 1.33 bits per heavy atom. The van der Waals surface area contributed by atoms with Gasteiger partial charge < -0.3 is 14.7 Å². The van der Waals surface area contributed by atoms with Crippen molar-refractivity contribution in [1.82, 2.24) is 4.90 Å². The van der Waals surface area contributed by atoms with Gasteiger partial charge in [-0.15, -0.1) is 0 Å². The highest BCUT2D eigenvalue weighted by atomic mass is 16.5. The predicted molar refractivity (Wildman–Crippen MR) is 74.9 cm³/mol. The van der Waals surface area contributed by atoms with Crippen LogP contribution >= 0.6 is 0 Å². The molecule has 0 aromatic heterocycles. The van der Waals surface area contributed by atoms with Crippen LogP contribution in [0.4, 0.5) is 0 Å². The molecular formula is C14H22N2O2. The zero-order valence-corrected chi connectivity index (χ0v) is 11.4. The summed E-state index contributed by atoms with van der Waals surface area (Å²) in [5, 5.41) is 9.74. The van der Waals surface area contributed by atoms with Crippen LogP contribution in [-0.4, -0.2) is 49.5 Å². The molecule has 0 bridgehead atoms. The molecule has 1 aromatic carbocycles.